The summed E-state index contributed by atoms with van der Waals surface area (Å²) in [7, 11) is 0. The van der Waals surface area contributed by atoms with Crippen LogP contribution in [0.25, 0.3) is 10.9 Å². The van der Waals surface area contributed by atoms with E-state index in [4.69, 9.17) is 0 Å². The molecule has 0 saturated heterocycles. The van der Waals surface area contributed by atoms with Crippen LogP contribution in [-0.2, 0) is 6.18 Å². The Kier molecular flexibility index (Phi) is 6.23. The summed E-state index contributed by atoms with van der Waals surface area (Å²) in [5.41, 5.74) is 0.311. The molecule has 4 rings (SSSR count). The average molecular weight is 445 g/mol. The molecule has 2 atom stereocenters. The lowest BCUT2D eigenvalue weighted by Crippen LogP contribution is -2.41. The molecule has 1 heterocycles. The zero-order valence-corrected chi connectivity index (χ0v) is 17.9. The highest BCUT2D eigenvalue weighted by molar-refractivity contribution is 7.99. The maximum Gasteiger partial charge on any atom is 0.417 e. The van der Waals surface area contributed by atoms with Gasteiger partial charge in [0.2, 0.25) is 0 Å². The van der Waals surface area contributed by atoms with Crippen LogP contribution in [0.2, 0.25) is 0 Å². The van der Waals surface area contributed by atoms with Crippen LogP contribution in [0.4, 0.5) is 13.2 Å². The van der Waals surface area contributed by atoms with Gasteiger partial charge in [0.25, 0.3) is 5.91 Å². The number of carbonyl (C=O) groups is 1. The van der Waals surface area contributed by atoms with E-state index >= 15 is 0 Å². The zero-order chi connectivity index (χ0) is 22.0. The van der Waals surface area contributed by atoms with Crippen molar-refractivity contribution in [2.45, 2.75) is 54.7 Å². The number of alkyl halides is 3. The van der Waals surface area contributed by atoms with E-state index in [-0.39, 0.29) is 16.8 Å². The third-order valence-corrected chi connectivity index (χ3v) is 6.77. The predicted octanol–water partition coefficient (Wildman–Crippen LogP) is 6.71. The number of benzene rings is 2. The SMILES string of the molecule is C[C@@H]1CCCC[C@H]1NC(=O)c1cc(Sc2ccccc2C(F)(F)F)nc2ccccc12. The van der Waals surface area contributed by atoms with Crippen LogP contribution in [0, 0.1) is 5.92 Å². The fourth-order valence-corrected chi connectivity index (χ4v) is 5.06. The molecule has 0 spiro atoms. The first kappa shape index (κ1) is 21.7. The molecule has 1 fully saturated rings. The molecule has 162 valence electrons. The van der Waals surface area contributed by atoms with Crippen LogP contribution in [0.15, 0.2) is 64.5 Å². The number of pyridine rings is 1. The molecule has 0 bridgehead atoms. The second-order valence-corrected chi connectivity index (χ2v) is 9.03. The summed E-state index contributed by atoms with van der Waals surface area (Å²) >= 11 is 0.923. The summed E-state index contributed by atoms with van der Waals surface area (Å²) in [4.78, 5) is 17.7. The summed E-state index contributed by atoms with van der Waals surface area (Å²) in [6.45, 7) is 2.14. The highest BCUT2D eigenvalue weighted by atomic mass is 32.2. The van der Waals surface area contributed by atoms with Crippen LogP contribution in [0.1, 0.15) is 48.5 Å². The highest BCUT2D eigenvalue weighted by Gasteiger charge is 2.33. The number of nitrogens with zero attached hydrogens (tertiary/aromatic N) is 1. The Hall–Kier alpha value is -2.54. The van der Waals surface area contributed by atoms with Crippen molar-refractivity contribution < 1.29 is 18.0 Å². The monoisotopic (exact) mass is 444 g/mol. The molecular weight excluding hydrogens is 421 g/mol. The van der Waals surface area contributed by atoms with Gasteiger partial charge in [-0.05, 0) is 43.0 Å². The maximum atomic E-state index is 13.4. The Morgan fingerprint density at radius 1 is 1.06 bits per heavy atom. The quantitative estimate of drug-likeness (QED) is 0.486. The Balaban J connectivity index is 1.70. The van der Waals surface area contributed by atoms with Gasteiger partial charge in [-0.2, -0.15) is 13.2 Å². The number of hydrogen-bond acceptors (Lipinski definition) is 3. The minimum absolute atomic E-state index is 0.0602. The Labute approximate surface area is 183 Å². The van der Waals surface area contributed by atoms with E-state index in [9.17, 15) is 18.0 Å². The van der Waals surface area contributed by atoms with Gasteiger partial charge in [-0.3, -0.25) is 4.79 Å². The van der Waals surface area contributed by atoms with Gasteiger partial charge in [0.15, 0.2) is 0 Å². The van der Waals surface area contributed by atoms with Gasteiger partial charge in [0, 0.05) is 16.3 Å². The van der Waals surface area contributed by atoms with E-state index in [1.807, 2.05) is 12.1 Å². The number of fused-ring (bicyclic) bond motifs is 1. The van der Waals surface area contributed by atoms with Gasteiger partial charge >= 0.3 is 6.18 Å². The number of rotatable bonds is 4. The molecule has 1 aromatic heterocycles. The molecule has 31 heavy (non-hydrogen) atoms. The molecule has 1 aliphatic rings. The Morgan fingerprint density at radius 2 is 1.77 bits per heavy atom. The Bertz CT molecular complexity index is 1100. The van der Waals surface area contributed by atoms with Crippen molar-refractivity contribution in [3.8, 4) is 0 Å². The molecule has 7 heteroatoms. The number of amides is 1. The molecule has 1 amide bonds. The van der Waals surface area contributed by atoms with Gasteiger partial charge in [0.1, 0.15) is 5.03 Å². The van der Waals surface area contributed by atoms with Crippen LogP contribution in [0.3, 0.4) is 0 Å². The molecule has 0 radical (unpaired) electrons. The standard InChI is InChI=1S/C24H23F3N2OS/c1-15-8-2-5-11-19(15)29-23(30)17-14-22(28-20-12-6-3-9-16(17)20)31-21-13-7-4-10-18(21)24(25,26)27/h3-4,6-7,9-10,12-15,19H,2,5,8,11H2,1H3,(H,29,30)/t15-,19-/m1/s1. The van der Waals surface area contributed by atoms with Gasteiger partial charge in [-0.1, -0.05) is 61.9 Å². The minimum Gasteiger partial charge on any atom is -0.349 e. The lowest BCUT2D eigenvalue weighted by atomic mass is 9.86. The summed E-state index contributed by atoms with van der Waals surface area (Å²) in [5.74, 6) is 0.196. The van der Waals surface area contributed by atoms with E-state index in [1.54, 1.807) is 24.3 Å². The molecule has 1 aliphatic carbocycles. The van der Waals surface area contributed by atoms with Crippen LogP contribution >= 0.6 is 11.8 Å². The van der Waals surface area contributed by atoms with Crippen molar-refractivity contribution in [1.29, 1.82) is 0 Å². The normalized spacial score (nSPS) is 19.4. The lowest BCUT2D eigenvalue weighted by Gasteiger charge is -2.29. The molecule has 3 nitrogen and oxygen atoms in total. The van der Waals surface area contributed by atoms with Gasteiger partial charge < -0.3 is 5.32 Å². The van der Waals surface area contributed by atoms with Crippen molar-refractivity contribution in [3.05, 3.63) is 65.7 Å². The number of nitrogens with one attached hydrogen (secondary N) is 1. The highest BCUT2D eigenvalue weighted by Crippen LogP contribution is 2.39. The van der Waals surface area contributed by atoms with E-state index in [1.165, 1.54) is 18.6 Å². The van der Waals surface area contributed by atoms with Crippen molar-refractivity contribution in [3.63, 3.8) is 0 Å². The third kappa shape index (κ3) is 4.87. The van der Waals surface area contributed by atoms with Crippen molar-refractivity contribution in [2.24, 2.45) is 5.92 Å². The van der Waals surface area contributed by atoms with Gasteiger partial charge in [0.05, 0.1) is 16.6 Å². The fourth-order valence-electron chi connectivity index (χ4n) is 4.07. The summed E-state index contributed by atoms with van der Waals surface area (Å²) in [5, 5.41) is 4.20. The first-order valence-corrected chi connectivity index (χ1v) is 11.2. The van der Waals surface area contributed by atoms with Crippen molar-refractivity contribution in [2.75, 3.05) is 0 Å². The van der Waals surface area contributed by atoms with E-state index in [0.29, 0.717) is 27.4 Å². The predicted molar refractivity (Wildman–Crippen MR) is 116 cm³/mol. The molecule has 0 unspecified atom stereocenters. The molecule has 0 aliphatic heterocycles. The van der Waals surface area contributed by atoms with Crippen molar-refractivity contribution >= 4 is 28.6 Å². The van der Waals surface area contributed by atoms with E-state index in [0.717, 1.165) is 37.1 Å². The van der Waals surface area contributed by atoms with E-state index < -0.39 is 11.7 Å². The number of hydrogen-bond donors (Lipinski definition) is 1. The second-order valence-electron chi connectivity index (χ2n) is 7.96. The molecular formula is C24H23F3N2OS. The first-order valence-electron chi connectivity index (χ1n) is 10.4. The average Bonchev–Trinajstić information content (AvgIpc) is 2.74. The number of halogens is 3. The number of aromatic nitrogens is 1. The fraction of sp³-hybridized carbons (Fsp3) is 0.333. The van der Waals surface area contributed by atoms with Crippen LogP contribution in [-0.4, -0.2) is 16.9 Å². The lowest BCUT2D eigenvalue weighted by molar-refractivity contribution is -0.139. The number of carbonyl (C=O) groups excluding carboxylic acids is 1. The molecule has 3 aromatic rings. The van der Waals surface area contributed by atoms with E-state index in [2.05, 4.69) is 17.2 Å². The molecule has 2 aromatic carbocycles. The third-order valence-electron chi connectivity index (χ3n) is 5.77. The summed E-state index contributed by atoms with van der Waals surface area (Å²) < 4.78 is 40.2. The second kappa shape index (κ2) is 8.91. The van der Waals surface area contributed by atoms with Gasteiger partial charge in [-0.15, -0.1) is 0 Å². The zero-order valence-electron chi connectivity index (χ0n) is 17.1. The van der Waals surface area contributed by atoms with Crippen LogP contribution in [0.5, 0.6) is 0 Å². The van der Waals surface area contributed by atoms with Crippen molar-refractivity contribution in [1.82, 2.24) is 10.3 Å². The first-order chi connectivity index (χ1) is 14.8. The summed E-state index contributed by atoms with van der Waals surface area (Å²) in [6.07, 6.45) is -0.182. The largest absolute Gasteiger partial charge is 0.417 e. The maximum absolute atomic E-state index is 13.4. The smallest absolute Gasteiger partial charge is 0.349 e. The topological polar surface area (TPSA) is 42.0 Å². The molecule has 1 N–H and O–H groups in total. The number of para-hydroxylation sites is 1. The minimum atomic E-state index is -4.46. The van der Waals surface area contributed by atoms with Crippen LogP contribution < -0.4 is 5.32 Å². The van der Waals surface area contributed by atoms with Gasteiger partial charge in [-0.25, -0.2) is 4.98 Å². The summed E-state index contributed by atoms with van der Waals surface area (Å²) in [6, 6.07) is 14.3. The molecule has 1 saturated carbocycles. The Morgan fingerprint density at radius 3 is 2.55 bits per heavy atom.